The minimum Gasteiger partial charge on any atom is -0.487 e. The molecule has 1 aromatic carbocycles. The summed E-state index contributed by atoms with van der Waals surface area (Å²) in [6, 6.07) is 8.17. The van der Waals surface area contributed by atoms with Gasteiger partial charge in [0.25, 0.3) is 0 Å². The van der Waals surface area contributed by atoms with E-state index in [-0.39, 0.29) is 5.92 Å². The maximum absolute atomic E-state index is 10.4. The van der Waals surface area contributed by atoms with Gasteiger partial charge in [-0.25, -0.2) is 9.97 Å². The van der Waals surface area contributed by atoms with Crippen LogP contribution in [0.3, 0.4) is 0 Å². The van der Waals surface area contributed by atoms with Crippen molar-refractivity contribution >= 4 is 5.82 Å². The lowest BCUT2D eigenvalue weighted by molar-refractivity contribution is 0.0109. The van der Waals surface area contributed by atoms with Gasteiger partial charge in [0.1, 0.15) is 24.5 Å². The molecule has 0 bridgehead atoms. The van der Waals surface area contributed by atoms with E-state index < -0.39 is 5.60 Å². The van der Waals surface area contributed by atoms with Gasteiger partial charge >= 0.3 is 0 Å². The van der Waals surface area contributed by atoms with Crippen LogP contribution in [0.15, 0.2) is 30.6 Å². The average molecular weight is 339 g/mol. The predicted molar refractivity (Wildman–Crippen MR) is 96.8 cm³/mol. The van der Waals surface area contributed by atoms with Crippen molar-refractivity contribution in [1.82, 2.24) is 9.97 Å². The largest absolute Gasteiger partial charge is 0.487 e. The summed E-state index contributed by atoms with van der Waals surface area (Å²) >= 11 is 0. The van der Waals surface area contributed by atoms with Crippen LogP contribution in [-0.2, 0) is 13.0 Å². The molecule has 1 saturated heterocycles. The fraction of sp³-hybridized carbons (Fsp3) is 0.500. The van der Waals surface area contributed by atoms with Crippen LogP contribution >= 0.6 is 0 Å². The van der Waals surface area contributed by atoms with Crippen molar-refractivity contribution in [3.8, 4) is 5.75 Å². The van der Waals surface area contributed by atoms with Gasteiger partial charge in [-0.1, -0.05) is 18.2 Å². The number of piperidine rings is 1. The monoisotopic (exact) mass is 339 g/mol. The molecular formula is C20H25N3O2. The van der Waals surface area contributed by atoms with Crippen molar-refractivity contribution in [2.24, 2.45) is 5.92 Å². The Hall–Kier alpha value is -2.14. The van der Waals surface area contributed by atoms with Crippen molar-refractivity contribution in [3.63, 3.8) is 0 Å². The zero-order valence-electron chi connectivity index (χ0n) is 14.9. The third-order valence-corrected chi connectivity index (χ3v) is 5.44. The van der Waals surface area contributed by atoms with Crippen LogP contribution in [0.25, 0.3) is 0 Å². The first kappa shape index (κ1) is 16.3. The molecular weight excluding hydrogens is 314 g/mol. The fourth-order valence-corrected chi connectivity index (χ4v) is 3.89. The van der Waals surface area contributed by atoms with E-state index in [2.05, 4.69) is 20.9 Å². The van der Waals surface area contributed by atoms with E-state index >= 15 is 0 Å². The maximum Gasteiger partial charge on any atom is 0.135 e. The number of rotatable bonds is 2. The van der Waals surface area contributed by atoms with Gasteiger partial charge in [0.15, 0.2) is 0 Å². The smallest absolute Gasteiger partial charge is 0.135 e. The van der Waals surface area contributed by atoms with Gasteiger partial charge in [0.05, 0.1) is 11.3 Å². The van der Waals surface area contributed by atoms with Crippen molar-refractivity contribution < 1.29 is 9.84 Å². The Morgan fingerprint density at radius 1 is 1.24 bits per heavy atom. The number of anilines is 1. The molecule has 2 aromatic rings. The number of para-hydroxylation sites is 1. The summed E-state index contributed by atoms with van der Waals surface area (Å²) in [4.78, 5) is 11.4. The quantitative estimate of drug-likeness (QED) is 0.911. The maximum atomic E-state index is 10.4. The summed E-state index contributed by atoms with van der Waals surface area (Å²) in [6.45, 7) is 6.09. The molecule has 1 N–H and O–H groups in total. The SMILES string of the molecule is CC(C)(O)C1CCCN(c2ncnc3c2Cc2ccccc2OC3)C1. The van der Waals surface area contributed by atoms with Gasteiger partial charge in [-0.2, -0.15) is 0 Å². The Labute approximate surface area is 148 Å². The van der Waals surface area contributed by atoms with Crippen molar-refractivity contribution in [2.45, 2.75) is 45.3 Å². The second kappa shape index (κ2) is 6.30. The van der Waals surface area contributed by atoms with Gasteiger partial charge in [0.2, 0.25) is 0 Å². The van der Waals surface area contributed by atoms with Crippen LogP contribution in [0.4, 0.5) is 5.82 Å². The van der Waals surface area contributed by atoms with E-state index in [1.807, 2.05) is 32.0 Å². The number of aromatic nitrogens is 2. The van der Waals surface area contributed by atoms with E-state index in [1.54, 1.807) is 6.33 Å². The fourth-order valence-electron chi connectivity index (χ4n) is 3.89. The lowest BCUT2D eigenvalue weighted by Crippen LogP contribution is -2.45. The first-order valence-corrected chi connectivity index (χ1v) is 9.03. The lowest BCUT2D eigenvalue weighted by atomic mass is 9.84. The summed E-state index contributed by atoms with van der Waals surface area (Å²) in [6.07, 6.45) is 4.55. The molecule has 2 aliphatic rings. The lowest BCUT2D eigenvalue weighted by Gasteiger charge is -2.39. The first-order chi connectivity index (χ1) is 12.0. The zero-order valence-corrected chi connectivity index (χ0v) is 14.9. The molecule has 132 valence electrons. The number of hydrogen-bond acceptors (Lipinski definition) is 5. The van der Waals surface area contributed by atoms with Crippen LogP contribution in [0, 0.1) is 5.92 Å². The Morgan fingerprint density at radius 2 is 2.08 bits per heavy atom. The number of fused-ring (bicyclic) bond motifs is 2. The van der Waals surface area contributed by atoms with Crippen LogP contribution in [0.1, 0.15) is 43.5 Å². The van der Waals surface area contributed by atoms with Gasteiger partial charge in [-0.3, -0.25) is 0 Å². The van der Waals surface area contributed by atoms with Crippen LogP contribution in [-0.4, -0.2) is 33.8 Å². The molecule has 5 heteroatoms. The second-order valence-electron chi connectivity index (χ2n) is 7.63. The topological polar surface area (TPSA) is 58.5 Å². The molecule has 1 fully saturated rings. The van der Waals surface area contributed by atoms with Crippen molar-refractivity contribution in [2.75, 3.05) is 18.0 Å². The number of benzene rings is 1. The van der Waals surface area contributed by atoms with Crippen LogP contribution < -0.4 is 9.64 Å². The van der Waals surface area contributed by atoms with Crippen LogP contribution in [0.2, 0.25) is 0 Å². The molecule has 4 rings (SSSR count). The van der Waals surface area contributed by atoms with E-state index in [0.717, 1.165) is 55.2 Å². The number of nitrogens with zero attached hydrogens (tertiary/aromatic N) is 3. The number of ether oxygens (including phenoxy) is 1. The second-order valence-corrected chi connectivity index (χ2v) is 7.63. The Kier molecular flexibility index (Phi) is 4.12. The highest BCUT2D eigenvalue weighted by molar-refractivity contribution is 5.53. The van der Waals surface area contributed by atoms with E-state index in [1.165, 1.54) is 5.56 Å². The highest BCUT2D eigenvalue weighted by Gasteiger charge is 2.33. The standard InChI is InChI=1S/C20H25N3O2/c1-20(2,24)15-7-5-9-23(11-15)19-16-10-14-6-3-4-8-18(14)25-12-17(16)21-13-22-19/h3-4,6,8,13,15,24H,5,7,9-12H2,1-2H3. The molecule has 1 aromatic heterocycles. The molecule has 3 heterocycles. The van der Waals surface area contributed by atoms with Crippen molar-refractivity contribution in [1.29, 1.82) is 0 Å². The van der Waals surface area contributed by atoms with E-state index in [0.29, 0.717) is 6.61 Å². The summed E-state index contributed by atoms with van der Waals surface area (Å²) in [7, 11) is 0. The number of aliphatic hydroxyl groups is 1. The molecule has 0 aliphatic carbocycles. The Balaban J connectivity index is 1.69. The zero-order chi connectivity index (χ0) is 17.4. The molecule has 0 spiro atoms. The molecule has 1 atom stereocenters. The minimum atomic E-state index is -0.668. The highest BCUT2D eigenvalue weighted by Crippen LogP contribution is 2.34. The number of hydrogen-bond donors (Lipinski definition) is 1. The summed E-state index contributed by atoms with van der Waals surface area (Å²) in [5, 5.41) is 10.4. The van der Waals surface area contributed by atoms with E-state index in [9.17, 15) is 5.11 Å². The van der Waals surface area contributed by atoms with Crippen LogP contribution in [0.5, 0.6) is 5.75 Å². The third-order valence-electron chi connectivity index (χ3n) is 5.44. The third kappa shape index (κ3) is 3.21. The first-order valence-electron chi connectivity index (χ1n) is 9.03. The van der Waals surface area contributed by atoms with Gasteiger partial charge in [-0.05, 0) is 38.3 Å². The van der Waals surface area contributed by atoms with E-state index in [4.69, 9.17) is 4.74 Å². The molecule has 0 amide bonds. The van der Waals surface area contributed by atoms with Gasteiger partial charge in [0, 0.05) is 31.0 Å². The summed E-state index contributed by atoms with van der Waals surface area (Å²) in [5.74, 6) is 2.18. The highest BCUT2D eigenvalue weighted by atomic mass is 16.5. The molecule has 1 unspecified atom stereocenters. The Morgan fingerprint density at radius 3 is 2.92 bits per heavy atom. The molecule has 2 aliphatic heterocycles. The van der Waals surface area contributed by atoms with Gasteiger partial charge < -0.3 is 14.7 Å². The molecule has 0 radical (unpaired) electrons. The normalized spacial score (nSPS) is 20.3. The van der Waals surface area contributed by atoms with Crippen molar-refractivity contribution in [3.05, 3.63) is 47.4 Å². The molecule has 0 saturated carbocycles. The average Bonchev–Trinajstić information content (AvgIpc) is 2.80. The molecule has 5 nitrogen and oxygen atoms in total. The minimum absolute atomic E-state index is 0.251. The Bertz CT molecular complexity index is 770. The predicted octanol–water partition coefficient (Wildman–Crippen LogP) is 2.95. The summed E-state index contributed by atoms with van der Waals surface area (Å²) in [5.41, 5.74) is 2.63. The molecule has 25 heavy (non-hydrogen) atoms. The van der Waals surface area contributed by atoms with Gasteiger partial charge in [-0.15, -0.1) is 0 Å². The summed E-state index contributed by atoms with van der Waals surface area (Å²) < 4.78 is 5.94.